The van der Waals surface area contributed by atoms with Crippen LogP contribution in [0.3, 0.4) is 0 Å². The van der Waals surface area contributed by atoms with Crippen LogP contribution < -0.4 is 5.32 Å². The molecule has 122 valence electrons. The molecule has 0 radical (unpaired) electrons. The fourth-order valence-corrected chi connectivity index (χ4v) is 3.56. The SMILES string of the molecule is CNCC(=O)N1CCN(Cc2csc(-c3ccccc3)n2)CC1. The topological polar surface area (TPSA) is 48.5 Å². The molecular weight excluding hydrogens is 308 g/mol. The predicted octanol–water partition coefficient (Wildman–Crippen LogP) is 1.67. The van der Waals surface area contributed by atoms with Crippen LogP contribution in [0.5, 0.6) is 0 Å². The Bertz CT molecular complexity index is 635. The van der Waals surface area contributed by atoms with Crippen molar-refractivity contribution in [3.63, 3.8) is 0 Å². The number of rotatable bonds is 5. The Morgan fingerprint density at radius 3 is 2.65 bits per heavy atom. The highest BCUT2D eigenvalue weighted by Crippen LogP contribution is 2.24. The smallest absolute Gasteiger partial charge is 0.236 e. The standard InChI is InChI=1S/C17H22N4OS/c1-18-11-16(22)21-9-7-20(8-10-21)12-15-13-23-17(19-15)14-5-3-2-4-6-14/h2-6,13,18H,7-12H2,1H3. The van der Waals surface area contributed by atoms with Crippen LogP contribution in [0.1, 0.15) is 5.69 Å². The van der Waals surface area contributed by atoms with Crippen molar-refractivity contribution in [3.05, 3.63) is 41.4 Å². The summed E-state index contributed by atoms with van der Waals surface area (Å²) in [5, 5.41) is 6.13. The van der Waals surface area contributed by atoms with Crippen molar-refractivity contribution in [2.24, 2.45) is 0 Å². The van der Waals surface area contributed by atoms with E-state index in [0.717, 1.165) is 43.4 Å². The molecule has 0 saturated carbocycles. The number of benzene rings is 1. The van der Waals surface area contributed by atoms with Crippen LogP contribution >= 0.6 is 11.3 Å². The number of nitrogens with zero attached hydrogens (tertiary/aromatic N) is 3. The van der Waals surface area contributed by atoms with Gasteiger partial charge in [-0.1, -0.05) is 30.3 Å². The molecule has 0 atom stereocenters. The van der Waals surface area contributed by atoms with Gasteiger partial charge in [-0.25, -0.2) is 4.98 Å². The third kappa shape index (κ3) is 4.16. The van der Waals surface area contributed by atoms with Gasteiger partial charge in [-0.05, 0) is 7.05 Å². The normalized spacial score (nSPS) is 15.8. The van der Waals surface area contributed by atoms with Gasteiger partial charge in [-0.2, -0.15) is 0 Å². The van der Waals surface area contributed by atoms with Gasteiger partial charge in [0, 0.05) is 43.7 Å². The average Bonchev–Trinajstić information content (AvgIpc) is 3.05. The number of hydrogen-bond acceptors (Lipinski definition) is 5. The lowest BCUT2D eigenvalue weighted by molar-refractivity contribution is -0.131. The molecule has 0 aliphatic carbocycles. The highest BCUT2D eigenvalue weighted by molar-refractivity contribution is 7.13. The van der Waals surface area contributed by atoms with Gasteiger partial charge in [0.25, 0.3) is 0 Å². The van der Waals surface area contributed by atoms with Crippen LogP contribution in [0.25, 0.3) is 10.6 Å². The van der Waals surface area contributed by atoms with E-state index in [-0.39, 0.29) is 5.91 Å². The second-order valence-electron chi connectivity index (χ2n) is 5.70. The van der Waals surface area contributed by atoms with Gasteiger partial charge in [0.15, 0.2) is 0 Å². The summed E-state index contributed by atoms with van der Waals surface area (Å²) in [6.07, 6.45) is 0. The van der Waals surface area contributed by atoms with Crippen molar-refractivity contribution in [3.8, 4) is 10.6 Å². The van der Waals surface area contributed by atoms with Crippen molar-refractivity contribution in [1.29, 1.82) is 0 Å². The monoisotopic (exact) mass is 330 g/mol. The lowest BCUT2D eigenvalue weighted by atomic mass is 10.2. The molecule has 0 unspecified atom stereocenters. The number of thiazole rings is 1. The molecule has 1 aliphatic heterocycles. The van der Waals surface area contributed by atoms with E-state index >= 15 is 0 Å². The second kappa shape index (κ2) is 7.68. The summed E-state index contributed by atoms with van der Waals surface area (Å²) < 4.78 is 0. The summed E-state index contributed by atoms with van der Waals surface area (Å²) in [6.45, 7) is 4.71. The van der Waals surface area contributed by atoms with Gasteiger partial charge in [-0.15, -0.1) is 11.3 Å². The Morgan fingerprint density at radius 2 is 1.96 bits per heavy atom. The molecule has 2 heterocycles. The quantitative estimate of drug-likeness (QED) is 0.906. The number of aromatic nitrogens is 1. The molecule has 1 aromatic heterocycles. The van der Waals surface area contributed by atoms with Gasteiger partial charge in [-0.3, -0.25) is 9.69 Å². The first-order valence-electron chi connectivity index (χ1n) is 7.91. The third-order valence-corrected chi connectivity index (χ3v) is 4.95. The number of amides is 1. The largest absolute Gasteiger partial charge is 0.339 e. The lowest BCUT2D eigenvalue weighted by Gasteiger charge is -2.34. The van der Waals surface area contributed by atoms with Crippen LogP contribution in [-0.4, -0.2) is 60.5 Å². The highest BCUT2D eigenvalue weighted by Gasteiger charge is 2.21. The molecule has 1 fully saturated rings. The van der Waals surface area contributed by atoms with E-state index in [9.17, 15) is 4.79 Å². The van der Waals surface area contributed by atoms with E-state index in [4.69, 9.17) is 4.98 Å². The zero-order valence-electron chi connectivity index (χ0n) is 13.4. The maximum atomic E-state index is 11.9. The molecule has 1 aliphatic rings. The Balaban J connectivity index is 1.53. The first-order valence-corrected chi connectivity index (χ1v) is 8.79. The summed E-state index contributed by atoms with van der Waals surface area (Å²) in [6, 6.07) is 10.3. The van der Waals surface area contributed by atoms with Crippen molar-refractivity contribution < 1.29 is 4.79 Å². The fourth-order valence-electron chi connectivity index (χ4n) is 2.74. The van der Waals surface area contributed by atoms with Gasteiger partial charge in [0.2, 0.25) is 5.91 Å². The summed E-state index contributed by atoms with van der Waals surface area (Å²) >= 11 is 1.69. The summed E-state index contributed by atoms with van der Waals surface area (Å²) in [7, 11) is 1.81. The zero-order valence-corrected chi connectivity index (χ0v) is 14.2. The third-order valence-electron chi connectivity index (χ3n) is 4.01. The summed E-state index contributed by atoms with van der Waals surface area (Å²) in [5.74, 6) is 0.187. The van der Waals surface area contributed by atoms with E-state index in [1.165, 1.54) is 5.56 Å². The fraction of sp³-hybridized carbons (Fsp3) is 0.412. The molecule has 5 nitrogen and oxygen atoms in total. The minimum absolute atomic E-state index is 0.187. The molecule has 23 heavy (non-hydrogen) atoms. The second-order valence-corrected chi connectivity index (χ2v) is 6.56. The number of carbonyl (C=O) groups is 1. The zero-order chi connectivity index (χ0) is 16.1. The maximum Gasteiger partial charge on any atom is 0.236 e. The van der Waals surface area contributed by atoms with Crippen LogP contribution in [0.4, 0.5) is 0 Å². The van der Waals surface area contributed by atoms with E-state index in [1.54, 1.807) is 18.4 Å². The molecule has 1 amide bonds. The maximum absolute atomic E-state index is 11.9. The Labute approximate surface area is 140 Å². The lowest BCUT2D eigenvalue weighted by Crippen LogP contribution is -2.50. The molecule has 2 aromatic rings. The van der Waals surface area contributed by atoms with Crippen LogP contribution in [0.2, 0.25) is 0 Å². The molecule has 0 bridgehead atoms. The predicted molar refractivity (Wildman–Crippen MR) is 93.3 cm³/mol. The Morgan fingerprint density at radius 1 is 1.22 bits per heavy atom. The molecule has 6 heteroatoms. The Kier molecular flexibility index (Phi) is 5.38. The van der Waals surface area contributed by atoms with Gasteiger partial charge >= 0.3 is 0 Å². The Hall–Kier alpha value is -1.76. The van der Waals surface area contributed by atoms with Crippen molar-refractivity contribution in [2.75, 3.05) is 39.8 Å². The van der Waals surface area contributed by atoms with Crippen LogP contribution in [0.15, 0.2) is 35.7 Å². The number of nitrogens with one attached hydrogen (secondary N) is 1. The molecule has 3 rings (SSSR count). The number of hydrogen-bond donors (Lipinski definition) is 1. The van der Waals surface area contributed by atoms with Crippen LogP contribution in [-0.2, 0) is 11.3 Å². The van der Waals surface area contributed by atoms with E-state index in [1.807, 2.05) is 23.1 Å². The minimum atomic E-state index is 0.187. The molecule has 0 spiro atoms. The first-order chi connectivity index (χ1) is 11.3. The van der Waals surface area contributed by atoms with E-state index in [2.05, 4.69) is 27.7 Å². The van der Waals surface area contributed by atoms with Crippen LogP contribution in [0, 0.1) is 0 Å². The first kappa shape index (κ1) is 16.1. The number of likely N-dealkylation sites (N-methyl/N-ethyl adjacent to an activating group) is 1. The molecular formula is C17H22N4OS. The summed E-state index contributed by atoms with van der Waals surface area (Å²) in [5.41, 5.74) is 2.29. The van der Waals surface area contributed by atoms with Gasteiger partial charge < -0.3 is 10.2 Å². The minimum Gasteiger partial charge on any atom is -0.339 e. The van der Waals surface area contributed by atoms with Crippen molar-refractivity contribution in [2.45, 2.75) is 6.54 Å². The molecule has 1 aromatic carbocycles. The van der Waals surface area contributed by atoms with Gasteiger partial charge in [0.05, 0.1) is 12.2 Å². The number of piperazine rings is 1. The molecule has 1 N–H and O–H groups in total. The van der Waals surface area contributed by atoms with Crippen molar-refractivity contribution in [1.82, 2.24) is 20.1 Å². The average molecular weight is 330 g/mol. The van der Waals surface area contributed by atoms with E-state index in [0.29, 0.717) is 6.54 Å². The van der Waals surface area contributed by atoms with Gasteiger partial charge in [0.1, 0.15) is 5.01 Å². The highest BCUT2D eigenvalue weighted by atomic mass is 32.1. The molecule has 1 saturated heterocycles. The number of carbonyl (C=O) groups excluding carboxylic acids is 1. The summed E-state index contributed by atoms with van der Waals surface area (Å²) in [4.78, 5) is 20.9. The van der Waals surface area contributed by atoms with Crippen molar-refractivity contribution >= 4 is 17.2 Å². The van der Waals surface area contributed by atoms with E-state index < -0.39 is 0 Å².